The Morgan fingerprint density at radius 3 is 2.42 bits per heavy atom. The fraction of sp³-hybridized carbons (Fsp3) is 0.357. The first-order valence-corrected chi connectivity index (χ1v) is 6.47. The number of phenols is 1. The van der Waals surface area contributed by atoms with E-state index in [4.69, 9.17) is 4.52 Å². The zero-order chi connectivity index (χ0) is 13.1. The van der Waals surface area contributed by atoms with Crippen molar-refractivity contribution in [1.29, 1.82) is 0 Å². The predicted molar refractivity (Wildman–Crippen MR) is 72.1 cm³/mol. The molecule has 5 heteroatoms. The number of aromatic nitrogens is 1. The number of phenolic OH excluding ortho intramolecular Hbond substituents is 1. The summed E-state index contributed by atoms with van der Waals surface area (Å²) in [6.07, 6.45) is 1.61. The molecule has 1 aromatic heterocycles. The van der Waals surface area contributed by atoms with Gasteiger partial charge in [-0.05, 0) is 24.3 Å². The molecule has 2 aromatic rings. The molecule has 0 amide bonds. The molecule has 1 aliphatic rings. The third-order valence-electron chi connectivity index (χ3n) is 3.46. The van der Waals surface area contributed by atoms with Crippen molar-refractivity contribution in [3.63, 3.8) is 0 Å². The molecule has 1 aliphatic heterocycles. The molecule has 0 bridgehead atoms. The van der Waals surface area contributed by atoms with E-state index >= 15 is 0 Å². The van der Waals surface area contributed by atoms with Crippen LogP contribution in [0, 0.1) is 0 Å². The van der Waals surface area contributed by atoms with Gasteiger partial charge in [-0.15, -0.1) is 0 Å². The van der Waals surface area contributed by atoms with Gasteiger partial charge in [0.15, 0.2) is 0 Å². The van der Waals surface area contributed by atoms with Crippen molar-refractivity contribution in [3.05, 3.63) is 42.3 Å². The number of nitrogens with zero attached hydrogens (tertiary/aromatic N) is 3. The van der Waals surface area contributed by atoms with Gasteiger partial charge in [0.2, 0.25) is 0 Å². The maximum atomic E-state index is 9.30. The average molecular weight is 259 g/mol. The van der Waals surface area contributed by atoms with Crippen molar-refractivity contribution in [2.75, 3.05) is 31.1 Å². The minimum atomic E-state index is 0.313. The van der Waals surface area contributed by atoms with Crippen LogP contribution in [0.15, 0.2) is 41.1 Å². The highest BCUT2D eigenvalue weighted by molar-refractivity contribution is 5.49. The molecule has 0 radical (unpaired) electrons. The lowest BCUT2D eigenvalue weighted by Crippen LogP contribution is -2.46. The molecule has 3 rings (SSSR count). The molecule has 0 spiro atoms. The van der Waals surface area contributed by atoms with Crippen molar-refractivity contribution in [3.8, 4) is 5.75 Å². The summed E-state index contributed by atoms with van der Waals surface area (Å²) in [6.45, 7) is 4.84. The molecule has 2 heterocycles. The van der Waals surface area contributed by atoms with E-state index in [1.54, 1.807) is 18.4 Å². The number of benzene rings is 1. The van der Waals surface area contributed by atoms with Crippen molar-refractivity contribution >= 4 is 5.69 Å². The minimum absolute atomic E-state index is 0.313. The second kappa shape index (κ2) is 5.32. The molecule has 0 aliphatic carbocycles. The summed E-state index contributed by atoms with van der Waals surface area (Å²) in [5, 5.41) is 13.2. The van der Waals surface area contributed by atoms with E-state index in [9.17, 15) is 5.11 Å². The van der Waals surface area contributed by atoms with Crippen LogP contribution in [-0.2, 0) is 6.54 Å². The number of piperazine rings is 1. The van der Waals surface area contributed by atoms with Gasteiger partial charge >= 0.3 is 0 Å². The molecule has 1 saturated heterocycles. The number of aromatic hydroxyl groups is 1. The van der Waals surface area contributed by atoms with Crippen LogP contribution in [0.3, 0.4) is 0 Å². The number of hydrogen-bond donors (Lipinski definition) is 1. The monoisotopic (exact) mass is 259 g/mol. The van der Waals surface area contributed by atoms with Gasteiger partial charge in [0.05, 0.1) is 5.69 Å². The summed E-state index contributed by atoms with van der Waals surface area (Å²) in [5.74, 6) is 0.313. The fourth-order valence-electron chi connectivity index (χ4n) is 2.38. The summed E-state index contributed by atoms with van der Waals surface area (Å²) in [4.78, 5) is 4.70. The van der Waals surface area contributed by atoms with E-state index in [-0.39, 0.29) is 0 Å². The number of hydrogen-bond acceptors (Lipinski definition) is 5. The summed E-state index contributed by atoms with van der Waals surface area (Å²) in [7, 11) is 0. The molecule has 0 unspecified atom stereocenters. The van der Waals surface area contributed by atoms with Gasteiger partial charge in [0.25, 0.3) is 0 Å². The van der Waals surface area contributed by atoms with Crippen LogP contribution >= 0.6 is 0 Å². The predicted octanol–water partition coefficient (Wildman–Crippen LogP) is 1.70. The van der Waals surface area contributed by atoms with Crippen LogP contribution in [0.2, 0.25) is 0 Å². The Morgan fingerprint density at radius 2 is 1.79 bits per heavy atom. The molecule has 19 heavy (non-hydrogen) atoms. The van der Waals surface area contributed by atoms with Crippen LogP contribution in [0.1, 0.15) is 5.69 Å². The lowest BCUT2D eigenvalue weighted by Gasteiger charge is -2.35. The van der Waals surface area contributed by atoms with Gasteiger partial charge in [0.1, 0.15) is 12.0 Å². The normalized spacial score (nSPS) is 16.7. The fourth-order valence-corrected chi connectivity index (χ4v) is 2.38. The smallest absolute Gasteiger partial charge is 0.124 e. The Hall–Kier alpha value is -2.01. The second-order valence-corrected chi connectivity index (χ2v) is 4.77. The molecule has 0 saturated carbocycles. The van der Waals surface area contributed by atoms with E-state index in [1.807, 2.05) is 18.2 Å². The molecule has 5 nitrogen and oxygen atoms in total. The third kappa shape index (κ3) is 2.88. The van der Waals surface area contributed by atoms with Gasteiger partial charge in [0, 0.05) is 44.5 Å². The zero-order valence-corrected chi connectivity index (χ0v) is 10.7. The quantitative estimate of drug-likeness (QED) is 0.909. The first kappa shape index (κ1) is 12.0. The Morgan fingerprint density at radius 1 is 1.05 bits per heavy atom. The second-order valence-electron chi connectivity index (χ2n) is 4.77. The number of anilines is 1. The van der Waals surface area contributed by atoms with Crippen LogP contribution in [0.4, 0.5) is 5.69 Å². The third-order valence-corrected chi connectivity index (χ3v) is 3.46. The van der Waals surface area contributed by atoms with Crippen LogP contribution in [0.5, 0.6) is 5.75 Å². The van der Waals surface area contributed by atoms with Crippen molar-refractivity contribution < 1.29 is 9.63 Å². The van der Waals surface area contributed by atoms with Gasteiger partial charge < -0.3 is 14.5 Å². The van der Waals surface area contributed by atoms with Gasteiger partial charge in [-0.3, -0.25) is 4.90 Å². The van der Waals surface area contributed by atoms with Gasteiger partial charge in [-0.25, -0.2) is 0 Å². The Bertz CT molecular complexity index is 502. The van der Waals surface area contributed by atoms with Gasteiger partial charge in [-0.2, -0.15) is 0 Å². The highest BCUT2D eigenvalue weighted by Crippen LogP contribution is 2.20. The maximum absolute atomic E-state index is 9.30. The molecule has 1 fully saturated rings. The molecular formula is C14H17N3O2. The highest BCUT2D eigenvalue weighted by atomic mass is 16.5. The van der Waals surface area contributed by atoms with Crippen LogP contribution in [0.25, 0.3) is 0 Å². The van der Waals surface area contributed by atoms with Crippen LogP contribution < -0.4 is 4.90 Å². The molecule has 0 atom stereocenters. The average Bonchev–Trinajstić information content (AvgIpc) is 2.94. The summed E-state index contributed by atoms with van der Waals surface area (Å²) < 4.78 is 4.85. The molecule has 100 valence electrons. The standard InChI is InChI=1S/C14H17N3O2/c18-14-3-1-13(2-4-14)17-8-6-16(7-9-17)11-12-5-10-19-15-12/h1-5,10,18H,6-9,11H2. The maximum Gasteiger partial charge on any atom is 0.124 e. The molecule has 1 N–H and O–H groups in total. The Labute approximate surface area is 112 Å². The topological polar surface area (TPSA) is 52.7 Å². The van der Waals surface area contributed by atoms with Crippen LogP contribution in [-0.4, -0.2) is 41.3 Å². The van der Waals surface area contributed by atoms with E-state index in [1.165, 1.54) is 5.69 Å². The highest BCUT2D eigenvalue weighted by Gasteiger charge is 2.17. The summed E-state index contributed by atoms with van der Waals surface area (Å²) in [5.41, 5.74) is 2.15. The zero-order valence-electron chi connectivity index (χ0n) is 10.7. The first-order valence-electron chi connectivity index (χ1n) is 6.47. The first-order chi connectivity index (χ1) is 9.31. The van der Waals surface area contributed by atoms with E-state index in [0.717, 1.165) is 38.4 Å². The van der Waals surface area contributed by atoms with Crippen molar-refractivity contribution in [2.24, 2.45) is 0 Å². The number of rotatable bonds is 3. The molecular weight excluding hydrogens is 242 g/mol. The van der Waals surface area contributed by atoms with E-state index < -0.39 is 0 Å². The Balaban J connectivity index is 1.56. The van der Waals surface area contributed by atoms with Gasteiger partial charge in [-0.1, -0.05) is 5.16 Å². The summed E-state index contributed by atoms with van der Waals surface area (Å²) >= 11 is 0. The van der Waals surface area contributed by atoms with Crippen molar-refractivity contribution in [1.82, 2.24) is 10.1 Å². The van der Waals surface area contributed by atoms with Crippen molar-refractivity contribution in [2.45, 2.75) is 6.54 Å². The Kier molecular flexibility index (Phi) is 3.37. The largest absolute Gasteiger partial charge is 0.508 e. The molecule has 1 aromatic carbocycles. The minimum Gasteiger partial charge on any atom is -0.508 e. The lowest BCUT2D eigenvalue weighted by molar-refractivity contribution is 0.242. The summed E-state index contributed by atoms with van der Waals surface area (Å²) in [6, 6.07) is 9.30. The lowest BCUT2D eigenvalue weighted by atomic mass is 10.2. The van der Waals surface area contributed by atoms with E-state index in [2.05, 4.69) is 15.0 Å². The van der Waals surface area contributed by atoms with E-state index in [0.29, 0.717) is 5.75 Å². The SMILES string of the molecule is Oc1ccc(N2CCN(Cc3ccon3)CC2)cc1.